The monoisotopic (exact) mass is 649 g/mol. The zero-order valence-electron chi connectivity index (χ0n) is 23.8. The van der Waals surface area contributed by atoms with Crippen molar-refractivity contribution in [2.24, 2.45) is 0 Å². The van der Waals surface area contributed by atoms with E-state index in [0.717, 1.165) is 18.6 Å². The summed E-state index contributed by atoms with van der Waals surface area (Å²) in [5.74, 6) is -2.61. The van der Waals surface area contributed by atoms with Crippen LogP contribution in [-0.4, -0.2) is 38.1 Å². The van der Waals surface area contributed by atoms with Gasteiger partial charge in [-0.15, -0.1) is 0 Å². The predicted molar refractivity (Wildman–Crippen MR) is 162 cm³/mol. The van der Waals surface area contributed by atoms with Crippen LogP contribution in [-0.2, 0) is 24.4 Å². The lowest BCUT2D eigenvalue weighted by Gasteiger charge is -2.28. The minimum absolute atomic E-state index is 0.00969. The van der Waals surface area contributed by atoms with Crippen molar-refractivity contribution < 1.29 is 37.0 Å². The van der Waals surface area contributed by atoms with Gasteiger partial charge in [0.15, 0.2) is 0 Å². The molecular weight excluding hydrogens is 627 g/mol. The molecule has 1 aliphatic rings. The third-order valence-corrected chi connectivity index (χ3v) is 8.29. The number of carboxylic acids is 1. The molecule has 234 valence electrons. The lowest BCUT2D eigenvalue weighted by Crippen LogP contribution is -2.35. The topological polar surface area (TPSA) is 109 Å². The van der Waals surface area contributed by atoms with Gasteiger partial charge in [0.2, 0.25) is 5.88 Å². The largest absolute Gasteiger partial charge is 0.478 e. The minimum Gasteiger partial charge on any atom is -0.478 e. The van der Waals surface area contributed by atoms with Crippen LogP contribution in [0, 0.1) is 17.6 Å². The van der Waals surface area contributed by atoms with Gasteiger partial charge in [-0.1, -0.05) is 23.7 Å². The van der Waals surface area contributed by atoms with Gasteiger partial charge in [0.05, 0.1) is 46.4 Å². The zero-order valence-corrected chi connectivity index (χ0v) is 24.6. The fourth-order valence-electron chi connectivity index (χ4n) is 5.51. The van der Waals surface area contributed by atoms with Crippen molar-refractivity contribution >= 4 is 39.4 Å². The van der Waals surface area contributed by atoms with Gasteiger partial charge in [-0.2, -0.15) is 4.39 Å². The molecule has 1 aliphatic heterocycles. The number of benzene rings is 3. The molecule has 9 nitrogen and oxygen atoms in total. The second-order valence-electron chi connectivity index (χ2n) is 10.8. The molecule has 1 saturated heterocycles. The molecule has 1 atom stereocenters. The fourth-order valence-corrected chi connectivity index (χ4v) is 5.71. The normalized spacial score (nSPS) is 14.6. The van der Waals surface area contributed by atoms with Gasteiger partial charge in [0.25, 0.3) is 11.6 Å². The van der Waals surface area contributed by atoms with Crippen molar-refractivity contribution in [3.05, 3.63) is 116 Å². The number of ether oxygens (including phenoxy) is 2. The second kappa shape index (κ2) is 11.7. The van der Waals surface area contributed by atoms with Crippen molar-refractivity contribution in [3.63, 3.8) is 0 Å². The molecule has 4 heterocycles. The van der Waals surface area contributed by atoms with Gasteiger partial charge in [-0.05, 0) is 48.9 Å². The van der Waals surface area contributed by atoms with Crippen LogP contribution >= 0.6 is 11.6 Å². The highest BCUT2D eigenvalue weighted by molar-refractivity contribution is 6.35. The van der Waals surface area contributed by atoms with Crippen molar-refractivity contribution in [3.8, 4) is 17.1 Å². The molecule has 1 unspecified atom stereocenters. The lowest BCUT2D eigenvalue weighted by molar-refractivity contribution is -0.0618. The first kappa shape index (κ1) is 29.6. The summed E-state index contributed by atoms with van der Waals surface area (Å²) in [6.45, 7) is 0.419. The average Bonchev–Trinajstić information content (AvgIpc) is 3.53. The number of rotatable bonds is 9. The van der Waals surface area contributed by atoms with Crippen molar-refractivity contribution in [1.29, 1.82) is 0 Å². The molecule has 3 aromatic carbocycles. The Bertz CT molecular complexity index is 2220. The van der Waals surface area contributed by atoms with E-state index in [1.165, 1.54) is 41.1 Å². The van der Waals surface area contributed by atoms with Gasteiger partial charge < -0.3 is 19.0 Å². The lowest BCUT2D eigenvalue weighted by atomic mass is 10.1. The number of hydrogen-bond donors (Lipinski definition) is 1. The quantitative estimate of drug-likeness (QED) is 0.184. The van der Waals surface area contributed by atoms with Gasteiger partial charge in [0.1, 0.15) is 23.8 Å². The Morgan fingerprint density at radius 3 is 2.59 bits per heavy atom. The number of carbonyl (C=O) groups is 1. The highest BCUT2D eigenvalue weighted by Gasteiger charge is 2.24. The Hall–Kier alpha value is -5.07. The third-order valence-electron chi connectivity index (χ3n) is 7.96. The molecule has 3 aromatic heterocycles. The molecule has 0 aliphatic carbocycles. The summed E-state index contributed by atoms with van der Waals surface area (Å²) in [6.07, 6.45) is 0.538. The van der Waals surface area contributed by atoms with Crippen molar-refractivity contribution in [1.82, 2.24) is 14.3 Å². The molecule has 46 heavy (non-hydrogen) atoms. The Morgan fingerprint density at radius 2 is 1.83 bits per heavy atom. The predicted octanol–water partition coefficient (Wildman–Crippen LogP) is 6.80. The molecule has 1 N–H and O–H groups in total. The van der Waals surface area contributed by atoms with Gasteiger partial charge in [-0.3, -0.25) is 9.48 Å². The molecule has 1 fully saturated rings. The molecule has 13 heteroatoms. The molecule has 6 aromatic rings. The highest BCUT2D eigenvalue weighted by atomic mass is 35.5. The van der Waals surface area contributed by atoms with Crippen LogP contribution in [0.2, 0.25) is 5.02 Å². The maximum Gasteiger partial charge on any atom is 0.335 e. The van der Waals surface area contributed by atoms with Gasteiger partial charge >= 0.3 is 5.97 Å². The minimum atomic E-state index is -1.16. The SMILES string of the molecule is O=C(O)c1ccc2c(=O)n(Cc3cc(F)c(-c4cccc(OCc5ccc(Cl)c6cc(F)oc56)n4)cc3F)n(CC3CCO3)c2c1. The van der Waals surface area contributed by atoms with E-state index in [4.69, 9.17) is 25.5 Å². The standard InChI is InChI=1S/C33H23ClF3N3O6/c34-24-7-5-18(31-22(24)13-29(37)46-31)16-45-30-3-1-2-27(38-30)23-12-25(35)19(10-26(23)36)14-40-32(41)21-6-4-17(33(42)43)11-28(21)39(40)15-20-8-9-44-20/h1-7,10-13,20H,8-9,14-16H2,(H,42,43). The number of fused-ring (bicyclic) bond motifs is 2. The molecule has 7 rings (SSSR count). The van der Waals surface area contributed by atoms with Crippen LogP contribution in [0.5, 0.6) is 5.88 Å². The summed E-state index contributed by atoms with van der Waals surface area (Å²) >= 11 is 6.12. The van der Waals surface area contributed by atoms with Crippen LogP contribution in [0.1, 0.15) is 27.9 Å². The summed E-state index contributed by atoms with van der Waals surface area (Å²) < 4.78 is 64.1. The Balaban J connectivity index is 1.17. The van der Waals surface area contributed by atoms with E-state index in [-0.39, 0.29) is 65.0 Å². The van der Waals surface area contributed by atoms with E-state index in [9.17, 15) is 19.1 Å². The van der Waals surface area contributed by atoms with Crippen LogP contribution in [0.15, 0.2) is 75.9 Å². The van der Waals surface area contributed by atoms with E-state index >= 15 is 8.78 Å². The van der Waals surface area contributed by atoms with E-state index < -0.39 is 29.2 Å². The Morgan fingerprint density at radius 1 is 1.00 bits per heavy atom. The van der Waals surface area contributed by atoms with Crippen LogP contribution < -0.4 is 10.3 Å². The number of halogens is 4. The van der Waals surface area contributed by atoms with Gasteiger partial charge in [-0.25, -0.2) is 23.2 Å². The molecule has 0 spiro atoms. The van der Waals surface area contributed by atoms with E-state index in [1.54, 1.807) is 22.9 Å². The molecular formula is C33H23ClF3N3O6. The Kier molecular flexibility index (Phi) is 7.53. The first-order valence-electron chi connectivity index (χ1n) is 14.2. The number of nitrogens with zero attached hydrogens (tertiary/aromatic N) is 3. The van der Waals surface area contributed by atoms with Gasteiger partial charge in [0, 0.05) is 40.8 Å². The number of aromatic nitrogens is 3. The highest BCUT2D eigenvalue weighted by Crippen LogP contribution is 2.31. The van der Waals surface area contributed by atoms with Crippen LogP contribution in [0.3, 0.4) is 0 Å². The Labute approximate surface area is 262 Å². The number of pyridine rings is 1. The summed E-state index contributed by atoms with van der Waals surface area (Å²) in [5, 5.41) is 10.4. The van der Waals surface area contributed by atoms with Crippen molar-refractivity contribution in [2.45, 2.75) is 32.2 Å². The second-order valence-corrected chi connectivity index (χ2v) is 11.2. The summed E-state index contributed by atoms with van der Waals surface area (Å²) in [7, 11) is 0. The summed E-state index contributed by atoms with van der Waals surface area (Å²) in [6, 6.07) is 14.3. The fraction of sp³-hybridized carbons (Fsp3) is 0.182. The number of furan rings is 1. The number of hydrogen-bond acceptors (Lipinski definition) is 6. The van der Waals surface area contributed by atoms with E-state index in [1.807, 2.05) is 0 Å². The van der Waals surface area contributed by atoms with Crippen LogP contribution in [0.25, 0.3) is 33.1 Å². The van der Waals surface area contributed by atoms with Crippen LogP contribution in [0.4, 0.5) is 13.2 Å². The molecule has 0 bridgehead atoms. The number of aromatic carboxylic acids is 1. The maximum absolute atomic E-state index is 15.6. The molecule has 0 saturated carbocycles. The molecule has 0 radical (unpaired) electrons. The maximum atomic E-state index is 15.6. The summed E-state index contributed by atoms with van der Waals surface area (Å²) in [4.78, 5) is 29.3. The smallest absolute Gasteiger partial charge is 0.335 e. The zero-order chi connectivity index (χ0) is 32.1. The van der Waals surface area contributed by atoms with E-state index in [0.29, 0.717) is 28.1 Å². The third kappa shape index (κ3) is 5.39. The average molecular weight is 650 g/mol. The van der Waals surface area contributed by atoms with E-state index in [2.05, 4.69) is 4.98 Å². The summed E-state index contributed by atoms with van der Waals surface area (Å²) in [5.41, 5.74) is 0.483. The first-order valence-corrected chi connectivity index (χ1v) is 14.6. The van der Waals surface area contributed by atoms with Crippen molar-refractivity contribution in [2.75, 3.05) is 6.61 Å². The number of carboxylic acid groups (broad SMARTS) is 1. The first-order chi connectivity index (χ1) is 22.2. The molecule has 0 amide bonds.